The van der Waals surface area contributed by atoms with E-state index in [2.05, 4.69) is 38.2 Å². The van der Waals surface area contributed by atoms with Gasteiger partial charge in [-0.25, -0.2) is 0 Å². The van der Waals surface area contributed by atoms with E-state index in [1.54, 1.807) is 0 Å². The smallest absolute Gasteiger partial charge is 0.165 e. The Balaban J connectivity index is 1.68. The molecule has 0 bridgehead atoms. The highest BCUT2D eigenvalue weighted by Gasteiger charge is 2.34. The summed E-state index contributed by atoms with van der Waals surface area (Å²) >= 11 is 0. The minimum atomic E-state index is -0.112. The van der Waals surface area contributed by atoms with Crippen molar-refractivity contribution in [1.29, 1.82) is 0 Å². The normalized spacial score (nSPS) is 21.1. The van der Waals surface area contributed by atoms with Crippen molar-refractivity contribution < 1.29 is 9.47 Å². The molecule has 3 rings (SSSR count). The highest BCUT2D eigenvalue weighted by atomic mass is 16.5. The van der Waals surface area contributed by atoms with Crippen LogP contribution in [-0.4, -0.2) is 24.8 Å². The van der Waals surface area contributed by atoms with Crippen LogP contribution >= 0.6 is 0 Å². The molecule has 1 fully saturated rings. The maximum Gasteiger partial charge on any atom is 0.165 e. The van der Waals surface area contributed by atoms with Crippen LogP contribution in [0.1, 0.15) is 39.2 Å². The molecule has 20 heavy (non-hydrogen) atoms. The van der Waals surface area contributed by atoms with E-state index in [4.69, 9.17) is 9.47 Å². The first-order chi connectivity index (χ1) is 9.59. The van der Waals surface area contributed by atoms with Crippen LogP contribution in [0.4, 0.5) is 0 Å². The molecule has 0 saturated heterocycles. The first-order valence-electron chi connectivity index (χ1n) is 7.76. The number of para-hydroxylation sites is 1. The van der Waals surface area contributed by atoms with Gasteiger partial charge in [-0.3, -0.25) is 0 Å². The minimum Gasteiger partial charge on any atom is -0.488 e. The molecule has 3 heteroatoms. The summed E-state index contributed by atoms with van der Waals surface area (Å²) in [6, 6.07) is 6.71. The molecule has 0 amide bonds. The highest BCUT2D eigenvalue weighted by Crippen LogP contribution is 2.42. The Morgan fingerprint density at radius 2 is 2.20 bits per heavy atom. The van der Waals surface area contributed by atoms with E-state index in [0.29, 0.717) is 6.04 Å². The van der Waals surface area contributed by atoms with Crippen molar-refractivity contribution in [3.8, 4) is 11.5 Å². The van der Waals surface area contributed by atoms with Crippen molar-refractivity contribution in [2.45, 2.75) is 51.7 Å². The zero-order chi connectivity index (χ0) is 14.2. The lowest BCUT2D eigenvalue weighted by atomic mass is 10.0. The summed E-state index contributed by atoms with van der Waals surface area (Å²) in [7, 11) is 0. The average molecular weight is 275 g/mol. The highest BCUT2D eigenvalue weighted by molar-refractivity contribution is 5.50. The van der Waals surface area contributed by atoms with Gasteiger partial charge in [-0.2, -0.15) is 0 Å². The zero-order valence-corrected chi connectivity index (χ0v) is 12.7. The zero-order valence-electron chi connectivity index (χ0n) is 12.7. The lowest BCUT2D eigenvalue weighted by Gasteiger charge is -2.20. The van der Waals surface area contributed by atoms with E-state index in [1.807, 2.05) is 6.07 Å². The maximum atomic E-state index is 6.07. The largest absolute Gasteiger partial charge is 0.488 e. The minimum absolute atomic E-state index is 0.112. The third-order valence-corrected chi connectivity index (χ3v) is 4.13. The number of nitrogens with one attached hydrogen (secondary N) is 1. The van der Waals surface area contributed by atoms with Crippen LogP contribution in [0.5, 0.6) is 11.5 Å². The molecule has 1 aliphatic carbocycles. The molecular formula is C17H25NO2. The van der Waals surface area contributed by atoms with Gasteiger partial charge in [0, 0.05) is 18.0 Å². The summed E-state index contributed by atoms with van der Waals surface area (Å²) in [6.45, 7) is 8.14. The van der Waals surface area contributed by atoms with Gasteiger partial charge in [-0.05, 0) is 45.2 Å². The van der Waals surface area contributed by atoms with Crippen LogP contribution < -0.4 is 14.8 Å². The summed E-state index contributed by atoms with van der Waals surface area (Å²) in [5, 5.41) is 3.53. The second kappa shape index (κ2) is 5.28. The van der Waals surface area contributed by atoms with Crippen molar-refractivity contribution in [1.82, 2.24) is 5.32 Å². The Hall–Kier alpha value is -1.22. The van der Waals surface area contributed by atoms with Gasteiger partial charge in [0.1, 0.15) is 12.2 Å². The Kier molecular flexibility index (Phi) is 3.63. The van der Waals surface area contributed by atoms with Gasteiger partial charge in [-0.15, -0.1) is 0 Å². The molecule has 3 nitrogen and oxygen atoms in total. The van der Waals surface area contributed by atoms with Crippen LogP contribution in [0.25, 0.3) is 0 Å². The Labute approximate surface area is 121 Å². The van der Waals surface area contributed by atoms with Crippen LogP contribution in [0.3, 0.4) is 0 Å². The Bertz CT molecular complexity index is 480. The van der Waals surface area contributed by atoms with Gasteiger partial charge in [0.05, 0.1) is 0 Å². The fourth-order valence-corrected chi connectivity index (χ4v) is 3.00. The molecule has 2 aliphatic rings. The molecular weight excluding hydrogens is 250 g/mol. The number of ether oxygens (including phenoxy) is 2. The Morgan fingerprint density at radius 1 is 1.40 bits per heavy atom. The Morgan fingerprint density at radius 3 is 2.90 bits per heavy atom. The van der Waals surface area contributed by atoms with Gasteiger partial charge in [0.25, 0.3) is 0 Å². The van der Waals surface area contributed by atoms with Crippen LogP contribution in [0.2, 0.25) is 0 Å². The summed E-state index contributed by atoms with van der Waals surface area (Å²) in [4.78, 5) is 0. The molecule has 1 aliphatic heterocycles. The number of likely N-dealkylation sites (N-methyl/N-ethyl adjacent to an activating group) is 1. The first kappa shape index (κ1) is 13.7. The van der Waals surface area contributed by atoms with E-state index < -0.39 is 0 Å². The van der Waals surface area contributed by atoms with E-state index in [0.717, 1.165) is 37.0 Å². The lowest BCUT2D eigenvalue weighted by molar-refractivity contribution is 0.130. The van der Waals surface area contributed by atoms with Crippen molar-refractivity contribution in [2.24, 2.45) is 5.92 Å². The molecule has 1 heterocycles. The number of hydrogen-bond acceptors (Lipinski definition) is 3. The standard InChI is InChI=1S/C17H25NO2/c1-4-18-14(12-8-9-12)11-19-15-7-5-6-13-10-17(2,3)20-16(13)15/h5-7,12,14,18H,4,8-11H2,1-3H3. The van der Waals surface area contributed by atoms with Gasteiger partial charge in [0.15, 0.2) is 11.5 Å². The molecule has 1 N–H and O–H groups in total. The predicted octanol–water partition coefficient (Wildman–Crippen LogP) is 3.17. The summed E-state index contributed by atoms with van der Waals surface area (Å²) in [5.74, 6) is 2.64. The quantitative estimate of drug-likeness (QED) is 0.865. The van der Waals surface area contributed by atoms with Crippen LogP contribution in [0, 0.1) is 5.92 Å². The number of benzene rings is 1. The molecule has 1 atom stereocenters. The van der Waals surface area contributed by atoms with Crippen molar-refractivity contribution in [2.75, 3.05) is 13.2 Å². The molecule has 1 aromatic rings. The third kappa shape index (κ3) is 2.93. The van der Waals surface area contributed by atoms with Gasteiger partial charge < -0.3 is 14.8 Å². The molecule has 0 spiro atoms. The van der Waals surface area contributed by atoms with Crippen LogP contribution in [0.15, 0.2) is 18.2 Å². The second-order valence-electron chi connectivity index (χ2n) is 6.60. The molecule has 0 radical (unpaired) electrons. The topological polar surface area (TPSA) is 30.5 Å². The van der Waals surface area contributed by atoms with E-state index in [1.165, 1.54) is 18.4 Å². The monoisotopic (exact) mass is 275 g/mol. The molecule has 110 valence electrons. The first-order valence-corrected chi connectivity index (χ1v) is 7.76. The summed E-state index contributed by atoms with van der Waals surface area (Å²) < 4.78 is 12.1. The SMILES string of the molecule is CCNC(COc1cccc2c1OC(C)(C)C2)C1CC1. The molecule has 1 unspecified atom stereocenters. The van der Waals surface area contributed by atoms with Crippen LogP contribution in [-0.2, 0) is 6.42 Å². The van der Waals surface area contributed by atoms with Crippen molar-refractivity contribution in [3.63, 3.8) is 0 Å². The van der Waals surface area contributed by atoms with Crippen molar-refractivity contribution >= 4 is 0 Å². The fraction of sp³-hybridized carbons (Fsp3) is 0.647. The van der Waals surface area contributed by atoms with Gasteiger partial charge >= 0.3 is 0 Å². The average Bonchev–Trinajstić information content (AvgIpc) is 3.16. The fourth-order valence-electron chi connectivity index (χ4n) is 3.00. The molecule has 1 saturated carbocycles. The van der Waals surface area contributed by atoms with E-state index in [-0.39, 0.29) is 5.60 Å². The molecule has 0 aromatic heterocycles. The molecule has 1 aromatic carbocycles. The number of fused-ring (bicyclic) bond motifs is 1. The third-order valence-electron chi connectivity index (χ3n) is 4.13. The lowest BCUT2D eigenvalue weighted by Crippen LogP contribution is -2.36. The van der Waals surface area contributed by atoms with Gasteiger partial charge in [-0.1, -0.05) is 19.1 Å². The predicted molar refractivity (Wildman–Crippen MR) is 80.5 cm³/mol. The number of rotatable bonds is 6. The van der Waals surface area contributed by atoms with Crippen molar-refractivity contribution in [3.05, 3.63) is 23.8 Å². The summed E-state index contributed by atoms with van der Waals surface area (Å²) in [6.07, 6.45) is 3.62. The van der Waals surface area contributed by atoms with E-state index in [9.17, 15) is 0 Å². The number of hydrogen-bond donors (Lipinski definition) is 1. The maximum absolute atomic E-state index is 6.07. The van der Waals surface area contributed by atoms with Gasteiger partial charge in [0.2, 0.25) is 0 Å². The summed E-state index contributed by atoms with van der Waals surface area (Å²) in [5.41, 5.74) is 1.15. The second-order valence-corrected chi connectivity index (χ2v) is 6.60. The van der Waals surface area contributed by atoms with E-state index >= 15 is 0 Å².